The van der Waals surface area contributed by atoms with E-state index in [-0.39, 0.29) is 18.1 Å². The van der Waals surface area contributed by atoms with E-state index in [1.54, 1.807) is 19.5 Å². The lowest BCUT2D eigenvalue weighted by atomic mass is 9.97. The molecule has 23 heavy (non-hydrogen) atoms. The van der Waals surface area contributed by atoms with Gasteiger partial charge in [0.2, 0.25) is 0 Å². The summed E-state index contributed by atoms with van der Waals surface area (Å²) < 4.78 is 11.1. The molecule has 0 unspecified atom stereocenters. The van der Waals surface area contributed by atoms with Crippen LogP contribution in [0.2, 0.25) is 0 Å². The summed E-state index contributed by atoms with van der Waals surface area (Å²) in [5.41, 5.74) is 1.68. The highest BCUT2D eigenvalue weighted by Gasteiger charge is 2.38. The van der Waals surface area contributed by atoms with Crippen LogP contribution in [0.3, 0.4) is 0 Å². The van der Waals surface area contributed by atoms with Crippen molar-refractivity contribution in [1.29, 1.82) is 0 Å². The van der Waals surface area contributed by atoms with Crippen molar-refractivity contribution in [2.45, 2.75) is 25.5 Å². The molecular weight excluding hydrogens is 294 g/mol. The molecule has 2 atom stereocenters. The lowest BCUT2D eigenvalue weighted by molar-refractivity contribution is -0.101. The summed E-state index contributed by atoms with van der Waals surface area (Å²) in [6.45, 7) is 6.66. The van der Waals surface area contributed by atoms with E-state index in [1.165, 1.54) is 0 Å². The Balaban J connectivity index is 1.71. The number of hydrogen-bond acceptors (Lipinski definition) is 5. The van der Waals surface area contributed by atoms with Crippen molar-refractivity contribution in [3.8, 4) is 0 Å². The van der Waals surface area contributed by atoms with Gasteiger partial charge in [-0.1, -0.05) is 0 Å². The van der Waals surface area contributed by atoms with Crippen LogP contribution >= 0.6 is 0 Å². The second kappa shape index (κ2) is 7.38. The Labute approximate surface area is 137 Å². The fourth-order valence-electron chi connectivity index (χ4n) is 3.47. The molecule has 6 nitrogen and oxygen atoms in total. The molecule has 126 valence electrons. The molecule has 0 radical (unpaired) electrons. The van der Waals surface area contributed by atoms with Crippen LogP contribution in [-0.2, 0) is 9.47 Å². The maximum atomic E-state index is 12.8. The first kappa shape index (κ1) is 16.4. The summed E-state index contributed by atoms with van der Waals surface area (Å²) in [4.78, 5) is 21.3. The van der Waals surface area contributed by atoms with Crippen LogP contribution in [0.4, 0.5) is 0 Å². The van der Waals surface area contributed by atoms with Crippen LogP contribution in [0.5, 0.6) is 0 Å². The predicted octanol–water partition coefficient (Wildman–Crippen LogP) is 0.952. The molecule has 1 aromatic rings. The van der Waals surface area contributed by atoms with E-state index in [0.717, 1.165) is 38.2 Å². The molecule has 0 aromatic carbocycles. The second-order valence-corrected chi connectivity index (χ2v) is 6.24. The summed E-state index contributed by atoms with van der Waals surface area (Å²) in [6.07, 6.45) is 4.50. The zero-order chi connectivity index (χ0) is 16.2. The van der Waals surface area contributed by atoms with Crippen molar-refractivity contribution in [1.82, 2.24) is 14.8 Å². The molecule has 0 saturated carbocycles. The first-order valence-electron chi connectivity index (χ1n) is 8.25. The first-order valence-corrected chi connectivity index (χ1v) is 8.25. The van der Waals surface area contributed by atoms with Crippen LogP contribution in [0.1, 0.15) is 22.3 Å². The van der Waals surface area contributed by atoms with Gasteiger partial charge in [-0.3, -0.25) is 14.7 Å². The average Bonchev–Trinajstić information content (AvgIpc) is 2.59. The van der Waals surface area contributed by atoms with E-state index in [9.17, 15) is 4.79 Å². The van der Waals surface area contributed by atoms with Gasteiger partial charge in [0.25, 0.3) is 5.91 Å². The normalized spacial score (nSPS) is 25.2. The molecule has 6 heteroatoms. The van der Waals surface area contributed by atoms with Gasteiger partial charge in [-0.2, -0.15) is 0 Å². The van der Waals surface area contributed by atoms with Gasteiger partial charge in [0.1, 0.15) is 0 Å². The van der Waals surface area contributed by atoms with Gasteiger partial charge in [-0.15, -0.1) is 0 Å². The highest BCUT2D eigenvalue weighted by atomic mass is 16.5. The van der Waals surface area contributed by atoms with Gasteiger partial charge in [0.15, 0.2) is 0 Å². The third kappa shape index (κ3) is 3.54. The first-order chi connectivity index (χ1) is 11.2. The van der Waals surface area contributed by atoms with E-state index in [1.807, 2.05) is 17.9 Å². The van der Waals surface area contributed by atoms with Crippen molar-refractivity contribution in [3.05, 3.63) is 29.6 Å². The number of morpholine rings is 1. The van der Waals surface area contributed by atoms with Crippen LogP contribution in [-0.4, -0.2) is 79.3 Å². The Hall–Kier alpha value is -1.50. The predicted molar refractivity (Wildman–Crippen MR) is 86.5 cm³/mol. The molecule has 2 saturated heterocycles. The van der Waals surface area contributed by atoms with Crippen molar-refractivity contribution >= 4 is 5.91 Å². The fourth-order valence-corrected chi connectivity index (χ4v) is 3.47. The summed E-state index contributed by atoms with van der Waals surface area (Å²) in [7, 11) is 1.72. The lowest BCUT2D eigenvalue weighted by Gasteiger charge is -2.47. The number of methoxy groups -OCH3 is 1. The molecule has 0 bridgehead atoms. The zero-order valence-electron chi connectivity index (χ0n) is 13.9. The summed E-state index contributed by atoms with van der Waals surface area (Å²) >= 11 is 0. The molecule has 0 spiro atoms. The van der Waals surface area contributed by atoms with Crippen LogP contribution < -0.4 is 0 Å². The number of aryl methyl sites for hydroxylation is 1. The monoisotopic (exact) mass is 319 g/mol. The number of ether oxygens (including phenoxy) is 2. The zero-order valence-corrected chi connectivity index (χ0v) is 13.9. The van der Waals surface area contributed by atoms with Crippen LogP contribution in [0, 0.1) is 6.92 Å². The molecule has 0 aliphatic carbocycles. The van der Waals surface area contributed by atoms with E-state index in [4.69, 9.17) is 9.47 Å². The minimum atomic E-state index is 0.0753. The highest BCUT2D eigenvalue weighted by molar-refractivity contribution is 5.95. The number of likely N-dealkylation sites (tertiary alicyclic amines) is 1. The molecule has 2 aliphatic rings. The highest BCUT2D eigenvalue weighted by Crippen LogP contribution is 2.24. The van der Waals surface area contributed by atoms with Crippen molar-refractivity contribution in [2.75, 3.05) is 46.5 Å². The Morgan fingerprint density at radius 1 is 1.48 bits per heavy atom. The maximum absolute atomic E-state index is 12.8. The number of nitrogens with zero attached hydrogens (tertiary/aromatic N) is 3. The standard InChI is InChI=1S/C17H25N3O3/c1-13-3-5-18-11-14(13)17(21)20-6-4-16-15(12-20)19(7-9-22-2)8-10-23-16/h3,5,11,15-16H,4,6-10,12H2,1-2H3/t15-,16-/m1/s1. The summed E-state index contributed by atoms with van der Waals surface area (Å²) in [5.74, 6) is 0.0753. The Bertz CT molecular complexity index is 552. The van der Waals surface area contributed by atoms with Crippen molar-refractivity contribution < 1.29 is 14.3 Å². The molecule has 3 heterocycles. The van der Waals surface area contributed by atoms with Gasteiger partial charge in [0, 0.05) is 45.7 Å². The number of rotatable bonds is 4. The molecule has 1 amide bonds. The number of pyridine rings is 1. The Morgan fingerprint density at radius 2 is 2.35 bits per heavy atom. The van der Waals surface area contributed by atoms with Gasteiger partial charge in [-0.25, -0.2) is 0 Å². The second-order valence-electron chi connectivity index (χ2n) is 6.24. The number of carbonyl (C=O) groups is 1. The third-order valence-corrected chi connectivity index (χ3v) is 4.84. The third-order valence-electron chi connectivity index (χ3n) is 4.84. The number of fused-ring (bicyclic) bond motifs is 1. The smallest absolute Gasteiger partial charge is 0.255 e. The number of hydrogen-bond donors (Lipinski definition) is 0. The van der Waals surface area contributed by atoms with Crippen LogP contribution in [0.15, 0.2) is 18.5 Å². The Morgan fingerprint density at radius 3 is 3.13 bits per heavy atom. The van der Waals surface area contributed by atoms with Crippen LogP contribution in [0.25, 0.3) is 0 Å². The number of piperidine rings is 1. The minimum absolute atomic E-state index is 0.0753. The lowest BCUT2D eigenvalue weighted by Crippen LogP contribution is -2.61. The quantitative estimate of drug-likeness (QED) is 0.827. The van der Waals surface area contributed by atoms with Gasteiger partial charge >= 0.3 is 0 Å². The van der Waals surface area contributed by atoms with E-state index in [0.29, 0.717) is 18.7 Å². The SMILES string of the molecule is COCCN1CCO[C@@H]2CCN(C(=O)c3cnccc3C)C[C@H]21. The summed E-state index contributed by atoms with van der Waals surface area (Å²) in [6, 6.07) is 2.14. The van der Waals surface area contributed by atoms with E-state index >= 15 is 0 Å². The molecular formula is C17H25N3O3. The molecule has 0 N–H and O–H groups in total. The van der Waals surface area contributed by atoms with Gasteiger partial charge in [0.05, 0.1) is 30.9 Å². The van der Waals surface area contributed by atoms with E-state index < -0.39 is 0 Å². The van der Waals surface area contributed by atoms with Crippen molar-refractivity contribution in [3.63, 3.8) is 0 Å². The topological polar surface area (TPSA) is 54.9 Å². The van der Waals surface area contributed by atoms with Gasteiger partial charge < -0.3 is 14.4 Å². The Kier molecular flexibility index (Phi) is 5.25. The summed E-state index contributed by atoms with van der Waals surface area (Å²) in [5, 5.41) is 0. The van der Waals surface area contributed by atoms with Crippen molar-refractivity contribution in [2.24, 2.45) is 0 Å². The van der Waals surface area contributed by atoms with E-state index in [2.05, 4.69) is 9.88 Å². The molecule has 2 fully saturated rings. The van der Waals surface area contributed by atoms with Gasteiger partial charge in [-0.05, 0) is 25.0 Å². The largest absolute Gasteiger partial charge is 0.383 e. The number of amides is 1. The maximum Gasteiger partial charge on any atom is 0.255 e. The molecule has 1 aromatic heterocycles. The number of aromatic nitrogens is 1. The molecule has 3 rings (SSSR count). The number of carbonyl (C=O) groups excluding carboxylic acids is 1. The minimum Gasteiger partial charge on any atom is -0.383 e. The average molecular weight is 319 g/mol. The fraction of sp³-hybridized carbons (Fsp3) is 0.647. The molecule has 2 aliphatic heterocycles.